The molecule has 0 bridgehead atoms. The van der Waals surface area contributed by atoms with Gasteiger partial charge in [0.1, 0.15) is 11.9 Å². The highest BCUT2D eigenvalue weighted by atomic mass is 16.5. The van der Waals surface area contributed by atoms with Crippen molar-refractivity contribution in [2.45, 2.75) is 26.9 Å². The summed E-state index contributed by atoms with van der Waals surface area (Å²) in [6, 6.07) is 5.61. The molecule has 3 heteroatoms. The van der Waals surface area contributed by atoms with Crippen LogP contribution in [0, 0.1) is 0 Å². The Morgan fingerprint density at radius 3 is 2.83 bits per heavy atom. The number of ether oxygens (including phenoxy) is 1. The summed E-state index contributed by atoms with van der Waals surface area (Å²) in [4.78, 5) is 13.7. The molecule has 0 amide bonds. The summed E-state index contributed by atoms with van der Waals surface area (Å²) in [5.41, 5.74) is 2.81. The van der Waals surface area contributed by atoms with Gasteiger partial charge in [0.2, 0.25) is 0 Å². The zero-order valence-electron chi connectivity index (χ0n) is 11.2. The molecular formula is C15H19NO2. The Morgan fingerprint density at radius 2 is 2.22 bits per heavy atom. The Balaban J connectivity index is 2.40. The van der Waals surface area contributed by atoms with Gasteiger partial charge in [0.15, 0.2) is 5.78 Å². The largest absolute Gasteiger partial charge is 0.487 e. The second kappa shape index (κ2) is 4.84. The van der Waals surface area contributed by atoms with Crippen molar-refractivity contribution in [1.29, 1.82) is 0 Å². The van der Waals surface area contributed by atoms with E-state index in [4.69, 9.17) is 4.74 Å². The molecule has 18 heavy (non-hydrogen) atoms. The molecule has 0 fully saturated rings. The van der Waals surface area contributed by atoms with Crippen LogP contribution in [0.1, 0.15) is 31.1 Å². The predicted octanol–water partition coefficient (Wildman–Crippen LogP) is 3.05. The first-order valence-electron chi connectivity index (χ1n) is 6.18. The van der Waals surface area contributed by atoms with Crippen LogP contribution >= 0.6 is 0 Å². The van der Waals surface area contributed by atoms with Gasteiger partial charge < -0.3 is 9.64 Å². The SMILES string of the molecule is C=C(C)CN1CC(C)Oc2ccc(C(C)=O)cc21. The van der Waals surface area contributed by atoms with Crippen molar-refractivity contribution < 1.29 is 9.53 Å². The van der Waals surface area contributed by atoms with E-state index in [1.807, 2.05) is 32.0 Å². The van der Waals surface area contributed by atoms with Crippen molar-refractivity contribution in [2.24, 2.45) is 0 Å². The third kappa shape index (κ3) is 2.55. The van der Waals surface area contributed by atoms with Crippen LogP contribution in [-0.4, -0.2) is 25.0 Å². The molecule has 0 aromatic heterocycles. The number of fused-ring (bicyclic) bond motifs is 1. The van der Waals surface area contributed by atoms with Crippen LogP contribution in [-0.2, 0) is 0 Å². The van der Waals surface area contributed by atoms with E-state index in [-0.39, 0.29) is 11.9 Å². The fraction of sp³-hybridized carbons (Fsp3) is 0.400. The first kappa shape index (κ1) is 12.7. The lowest BCUT2D eigenvalue weighted by atomic mass is 10.1. The number of ketones is 1. The minimum absolute atomic E-state index is 0.0756. The molecule has 1 aliphatic heterocycles. The summed E-state index contributed by atoms with van der Waals surface area (Å²) < 4.78 is 5.80. The van der Waals surface area contributed by atoms with E-state index in [0.717, 1.165) is 35.7 Å². The Labute approximate surface area is 108 Å². The minimum atomic E-state index is 0.0756. The second-order valence-corrected chi connectivity index (χ2v) is 5.00. The van der Waals surface area contributed by atoms with Gasteiger partial charge in [-0.25, -0.2) is 0 Å². The molecule has 1 unspecified atom stereocenters. The molecule has 0 saturated heterocycles. The number of carbonyl (C=O) groups excluding carboxylic acids is 1. The van der Waals surface area contributed by atoms with Gasteiger partial charge in [-0.15, -0.1) is 0 Å². The second-order valence-electron chi connectivity index (χ2n) is 5.00. The van der Waals surface area contributed by atoms with Crippen LogP contribution in [0.4, 0.5) is 5.69 Å². The van der Waals surface area contributed by atoms with E-state index < -0.39 is 0 Å². The van der Waals surface area contributed by atoms with Crippen LogP contribution in [0.15, 0.2) is 30.4 Å². The van der Waals surface area contributed by atoms with Crippen LogP contribution in [0.5, 0.6) is 5.75 Å². The van der Waals surface area contributed by atoms with Crippen LogP contribution in [0.25, 0.3) is 0 Å². The highest BCUT2D eigenvalue weighted by Gasteiger charge is 2.23. The normalized spacial score (nSPS) is 17.9. The molecule has 1 aliphatic rings. The van der Waals surface area contributed by atoms with Gasteiger partial charge in [-0.05, 0) is 39.0 Å². The lowest BCUT2D eigenvalue weighted by Gasteiger charge is -2.35. The number of Topliss-reactive ketones (excluding diaryl/α,β-unsaturated/α-hetero) is 1. The molecular weight excluding hydrogens is 226 g/mol. The first-order valence-corrected chi connectivity index (χ1v) is 6.18. The average Bonchev–Trinajstić information content (AvgIpc) is 2.27. The molecule has 1 aromatic rings. The molecule has 0 radical (unpaired) electrons. The average molecular weight is 245 g/mol. The topological polar surface area (TPSA) is 29.5 Å². The molecule has 0 N–H and O–H groups in total. The summed E-state index contributed by atoms with van der Waals surface area (Å²) in [5, 5.41) is 0. The smallest absolute Gasteiger partial charge is 0.159 e. The predicted molar refractivity (Wildman–Crippen MR) is 73.6 cm³/mol. The fourth-order valence-corrected chi connectivity index (χ4v) is 2.22. The molecule has 0 aliphatic carbocycles. The minimum Gasteiger partial charge on any atom is -0.487 e. The molecule has 1 heterocycles. The molecule has 2 rings (SSSR count). The standard InChI is InChI=1S/C15H19NO2/c1-10(2)8-16-9-11(3)18-15-6-5-13(12(4)17)7-14(15)16/h5-7,11H,1,8-9H2,2-4H3. The Morgan fingerprint density at radius 1 is 1.50 bits per heavy atom. The Kier molecular flexibility index (Phi) is 3.41. The Hall–Kier alpha value is -1.77. The van der Waals surface area contributed by atoms with Gasteiger partial charge in [0.25, 0.3) is 0 Å². The molecule has 3 nitrogen and oxygen atoms in total. The molecule has 1 atom stereocenters. The zero-order valence-corrected chi connectivity index (χ0v) is 11.2. The van der Waals surface area contributed by atoms with E-state index in [9.17, 15) is 4.79 Å². The van der Waals surface area contributed by atoms with E-state index in [0.29, 0.717) is 0 Å². The molecule has 0 saturated carbocycles. The fourth-order valence-electron chi connectivity index (χ4n) is 2.22. The monoisotopic (exact) mass is 245 g/mol. The van der Waals surface area contributed by atoms with Crippen LogP contribution in [0.2, 0.25) is 0 Å². The quantitative estimate of drug-likeness (QED) is 0.605. The van der Waals surface area contributed by atoms with Crippen molar-refractivity contribution in [3.8, 4) is 5.75 Å². The zero-order chi connectivity index (χ0) is 13.3. The Bertz CT molecular complexity index is 493. The number of hydrogen-bond donors (Lipinski definition) is 0. The highest BCUT2D eigenvalue weighted by molar-refractivity contribution is 5.95. The number of hydrogen-bond acceptors (Lipinski definition) is 3. The van der Waals surface area contributed by atoms with E-state index >= 15 is 0 Å². The number of anilines is 1. The molecule has 0 spiro atoms. The lowest BCUT2D eigenvalue weighted by Crippen LogP contribution is -2.39. The number of carbonyl (C=O) groups is 1. The van der Waals surface area contributed by atoms with Gasteiger partial charge in [-0.2, -0.15) is 0 Å². The number of nitrogens with zero attached hydrogens (tertiary/aromatic N) is 1. The van der Waals surface area contributed by atoms with Crippen molar-refractivity contribution in [3.05, 3.63) is 35.9 Å². The van der Waals surface area contributed by atoms with Crippen molar-refractivity contribution >= 4 is 11.5 Å². The summed E-state index contributed by atoms with van der Waals surface area (Å²) in [5.74, 6) is 0.923. The maximum atomic E-state index is 11.4. The van der Waals surface area contributed by atoms with Gasteiger partial charge in [-0.3, -0.25) is 4.79 Å². The summed E-state index contributed by atoms with van der Waals surface area (Å²) in [6.45, 7) is 11.2. The van der Waals surface area contributed by atoms with E-state index in [1.54, 1.807) is 6.92 Å². The summed E-state index contributed by atoms with van der Waals surface area (Å²) in [6.07, 6.45) is 0.153. The first-order chi connectivity index (χ1) is 8.47. The van der Waals surface area contributed by atoms with Crippen molar-refractivity contribution in [2.75, 3.05) is 18.0 Å². The lowest BCUT2D eigenvalue weighted by molar-refractivity contribution is 0.101. The van der Waals surface area contributed by atoms with Crippen LogP contribution in [0.3, 0.4) is 0 Å². The molecule has 96 valence electrons. The van der Waals surface area contributed by atoms with Gasteiger partial charge in [0.05, 0.1) is 12.2 Å². The van der Waals surface area contributed by atoms with Gasteiger partial charge in [0, 0.05) is 12.1 Å². The van der Waals surface area contributed by atoms with Crippen molar-refractivity contribution in [1.82, 2.24) is 0 Å². The summed E-state index contributed by atoms with van der Waals surface area (Å²) in [7, 11) is 0. The van der Waals surface area contributed by atoms with E-state index in [2.05, 4.69) is 11.5 Å². The third-order valence-corrected chi connectivity index (χ3v) is 2.97. The van der Waals surface area contributed by atoms with Gasteiger partial charge >= 0.3 is 0 Å². The van der Waals surface area contributed by atoms with Gasteiger partial charge in [-0.1, -0.05) is 12.2 Å². The number of benzene rings is 1. The highest BCUT2D eigenvalue weighted by Crippen LogP contribution is 2.34. The van der Waals surface area contributed by atoms with Crippen LogP contribution < -0.4 is 9.64 Å². The maximum absolute atomic E-state index is 11.4. The maximum Gasteiger partial charge on any atom is 0.159 e. The molecule has 1 aromatic carbocycles. The third-order valence-electron chi connectivity index (χ3n) is 2.97. The van der Waals surface area contributed by atoms with Crippen molar-refractivity contribution in [3.63, 3.8) is 0 Å². The number of rotatable bonds is 3. The van der Waals surface area contributed by atoms with E-state index in [1.165, 1.54) is 0 Å². The summed E-state index contributed by atoms with van der Waals surface area (Å²) >= 11 is 0.